The zero-order valence-corrected chi connectivity index (χ0v) is 21.5. The zero-order chi connectivity index (χ0) is 26.0. The van der Waals surface area contributed by atoms with Crippen molar-refractivity contribution in [2.75, 3.05) is 12.0 Å². The van der Waals surface area contributed by atoms with Gasteiger partial charge in [0.25, 0.3) is 11.8 Å². The van der Waals surface area contributed by atoms with Crippen LogP contribution in [-0.2, 0) is 16.2 Å². The maximum atomic E-state index is 13.2. The van der Waals surface area contributed by atoms with Gasteiger partial charge in [0, 0.05) is 11.6 Å². The van der Waals surface area contributed by atoms with Gasteiger partial charge in [-0.05, 0) is 54.1 Å². The summed E-state index contributed by atoms with van der Waals surface area (Å²) in [6.07, 6.45) is 1.33. The van der Waals surface area contributed by atoms with Crippen molar-refractivity contribution in [1.29, 1.82) is 0 Å². The van der Waals surface area contributed by atoms with E-state index >= 15 is 0 Å². The number of carbonyl (C=O) groups excluding carboxylic acids is 3. The molecule has 36 heavy (non-hydrogen) atoms. The molecule has 0 atom stereocenters. The SMILES string of the molecule is COc1ccc(/C=C2\C(=O)NC(=O)N(c3ccc(Cl)c(Cl)c3)C2=O)c(OCc2ccc(Cl)c(Cl)c2)c1. The number of imide groups is 2. The molecular weight excluding hydrogens is 550 g/mol. The molecule has 0 aliphatic carbocycles. The molecule has 4 amide bonds. The van der Waals surface area contributed by atoms with Gasteiger partial charge in [0.05, 0.1) is 32.9 Å². The molecule has 1 fully saturated rings. The largest absolute Gasteiger partial charge is 0.497 e. The molecule has 3 aromatic carbocycles. The lowest BCUT2D eigenvalue weighted by atomic mass is 10.1. The van der Waals surface area contributed by atoms with Crippen LogP contribution in [0.5, 0.6) is 11.5 Å². The van der Waals surface area contributed by atoms with Gasteiger partial charge in [-0.3, -0.25) is 14.9 Å². The van der Waals surface area contributed by atoms with Crippen LogP contribution in [0.15, 0.2) is 60.2 Å². The molecule has 184 valence electrons. The third kappa shape index (κ3) is 5.44. The van der Waals surface area contributed by atoms with Crippen molar-refractivity contribution in [3.63, 3.8) is 0 Å². The fraction of sp³-hybridized carbons (Fsp3) is 0.0800. The molecule has 4 rings (SSSR count). The number of benzene rings is 3. The lowest BCUT2D eigenvalue weighted by Gasteiger charge is -2.26. The zero-order valence-electron chi connectivity index (χ0n) is 18.5. The molecule has 11 heteroatoms. The summed E-state index contributed by atoms with van der Waals surface area (Å²) in [6.45, 7) is 0.119. The Morgan fingerprint density at radius 3 is 2.22 bits per heavy atom. The van der Waals surface area contributed by atoms with Gasteiger partial charge in [0.1, 0.15) is 23.7 Å². The molecular formula is C25H16Cl4N2O5. The predicted octanol–water partition coefficient (Wildman–Crippen LogP) is 6.55. The van der Waals surface area contributed by atoms with E-state index in [1.807, 2.05) is 0 Å². The number of halogens is 4. The second kappa shape index (κ2) is 10.8. The van der Waals surface area contributed by atoms with Crippen LogP contribution in [0.25, 0.3) is 6.08 Å². The molecule has 7 nitrogen and oxygen atoms in total. The summed E-state index contributed by atoms with van der Waals surface area (Å²) < 4.78 is 11.2. The first-order valence-corrected chi connectivity index (χ1v) is 11.8. The summed E-state index contributed by atoms with van der Waals surface area (Å²) >= 11 is 24.0. The van der Waals surface area contributed by atoms with Crippen molar-refractivity contribution < 1.29 is 23.9 Å². The van der Waals surface area contributed by atoms with E-state index in [9.17, 15) is 14.4 Å². The van der Waals surface area contributed by atoms with Crippen molar-refractivity contribution in [2.24, 2.45) is 0 Å². The Hall–Kier alpha value is -3.23. The first-order chi connectivity index (χ1) is 17.2. The molecule has 0 bridgehead atoms. The van der Waals surface area contributed by atoms with Crippen LogP contribution in [0.3, 0.4) is 0 Å². The molecule has 1 aliphatic heterocycles. The second-order valence-electron chi connectivity index (χ2n) is 7.50. The van der Waals surface area contributed by atoms with E-state index in [2.05, 4.69) is 5.32 Å². The van der Waals surface area contributed by atoms with E-state index in [0.717, 1.165) is 10.5 Å². The average molecular weight is 566 g/mol. The third-order valence-corrected chi connectivity index (χ3v) is 6.64. The first kappa shape index (κ1) is 25.9. The summed E-state index contributed by atoms with van der Waals surface area (Å²) in [5, 5.41) is 3.35. The fourth-order valence-corrected chi connectivity index (χ4v) is 3.96. The number of hydrogen-bond donors (Lipinski definition) is 1. The van der Waals surface area contributed by atoms with Crippen LogP contribution in [-0.4, -0.2) is 25.0 Å². The number of anilines is 1. The Labute approximate surface area is 226 Å². The molecule has 1 N–H and O–H groups in total. The molecule has 1 aliphatic rings. The highest BCUT2D eigenvalue weighted by molar-refractivity contribution is 6.43. The number of hydrogen-bond acceptors (Lipinski definition) is 5. The molecule has 0 spiro atoms. The standard InChI is InChI=1S/C25H16Cl4N2O5/c1-35-16-5-3-14(22(11-16)36-12-13-2-6-18(26)20(28)8-13)9-17-23(32)30-25(34)31(24(17)33)15-4-7-19(27)21(29)10-15/h2-11H,12H2,1H3,(H,30,32,34)/b17-9+. The van der Waals surface area contributed by atoms with Gasteiger partial charge in [-0.2, -0.15) is 0 Å². The van der Waals surface area contributed by atoms with Gasteiger partial charge in [-0.25, -0.2) is 9.69 Å². The number of urea groups is 1. The Balaban J connectivity index is 1.69. The summed E-state index contributed by atoms with van der Waals surface area (Å²) in [5.74, 6) is -0.874. The Kier molecular flexibility index (Phi) is 7.76. The van der Waals surface area contributed by atoms with Gasteiger partial charge in [0.2, 0.25) is 0 Å². The van der Waals surface area contributed by atoms with Crippen LogP contribution in [0.1, 0.15) is 11.1 Å². The van der Waals surface area contributed by atoms with Crippen LogP contribution in [0.2, 0.25) is 20.1 Å². The highest BCUT2D eigenvalue weighted by atomic mass is 35.5. The topological polar surface area (TPSA) is 84.9 Å². The van der Waals surface area contributed by atoms with Crippen LogP contribution >= 0.6 is 46.4 Å². The number of nitrogens with zero attached hydrogens (tertiary/aromatic N) is 1. The van der Waals surface area contributed by atoms with Gasteiger partial charge in [-0.1, -0.05) is 52.5 Å². The smallest absolute Gasteiger partial charge is 0.335 e. The van der Waals surface area contributed by atoms with Gasteiger partial charge < -0.3 is 9.47 Å². The Bertz CT molecular complexity index is 1420. The summed E-state index contributed by atoms with van der Waals surface area (Å²) in [4.78, 5) is 39.1. The quantitative estimate of drug-likeness (QED) is 0.270. The number of barbiturate groups is 1. The van der Waals surface area contributed by atoms with Crippen molar-refractivity contribution in [1.82, 2.24) is 5.32 Å². The average Bonchev–Trinajstić information content (AvgIpc) is 2.85. The summed E-state index contributed by atoms with van der Waals surface area (Å²) in [7, 11) is 1.50. The van der Waals surface area contributed by atoms with E-state index < -0.39 is 17.8 Å². The lowest BCUT2D eigenvalue weighted by molar-refractivity contribution is -0.122. The number of methoxy groups -OCH3 is 1. The third-order valence-electron chi connectivity index (χ3n) is 5.16. The van der Waals surface area contributed by atoms with E-state index in [1.165, 1.54) is 31.4 Å². The highest BCUT2D eigenvalue weighted by Gasteiger charge is 2.37. The number of amides is 4. The van der Waals surface area contributed by atoms with Crippen molar-refractivity contribution in [2.45, 2.75) is 6.61 Å². The summed E-state index contributed by atoms with van der Waals surface area (Å²) in [5.41, 5.74) is 1.01. The van der Waals surface area contributed by atoms with E-state index in [0.29, 0.717) is 27.1 Å². The lowest BCUT2D eigenvalue weighted by Crippen LogP contribution is -2.54. The van der Waals surface area contributed by atoms with Crippen LogP contribution in [0.4, 0.5) is 10.5 Å². The Morgan fingerprint density at radius 2 is 1.56 bits per heavy atom. The molecule has 1 heterocycles. The number of rotatable bonds is 6. The fourth-order valence-electron chi connectivity index (χ4n) is 3.35. The molecule has 0 saturated carbocycles. The maximum absolute atomic E-state index is 13.2. The van der Waals surface area contributed by atoms with Crippen molar-refractivity contribution in [3.05, 3.63) is 91.4 Å². The molecule has 0 unspecified atom stereocenters. The van der Waals surface area contributed by atoms with E-state index in [-0.39, 0.29) is 27.9 Å². The maximum Gasteiger partial charge on any atom is 0.335 e. The minimum absolute atomic E-state index is 0.119. The second-order valence-corrected chi connectivity index (χ2v) is 9.13. The number of ether oxygens (including phenoxy) is 2. The van der Waals surface area contributed by atoms with E-state index in [4.69, 9.17) is 55.9 Å². The number of nitrogens with one attached hydrogen (secondary N) is 1. The monoisotopic (exact) mass is 564 g/mol. The first-order valence-electron chi connectivity index (χ1n) is 10.3. The van der Waals surface area contributed by atoms with Crippen molar-refractivity contribution >= 4 is 76.0 Å². The number of carbonyl (C=O) groups is 3. The van der Waals surface area contributed by atoms with Gasteiger partial charge in [-0.15, -0.1) is 0 Å². The Morgan fingerprint density at radius 1 is 0.861 bits per heavy atom. The normalized spacial score (nSPS) is 14.8. The van der Waals surface area contributed by atoms with Crippen molar-refractivity contribution in [3.8, 4) is 11.5 Å². The minimum Gasteiger partial charge on any atom is -0.497 e. The molecule has 3 aromatic rings. The predicted molar refractivity (Wildman–Crippen MR) is 139 cm³/mol. The molecule has 1 saturated heterocycles. The van der Waals surface area contributed by atoms with E-state index in [1.54, 1.807) is 36.4 Å². The van der Waals surface area contributed by atoms with Gasteiger partial charge >= 0.3 is 6.03 Å². The van der Waals surface area contributed by atoms with Crippen LogP contribution in [0, 0.1) is 0 Å². The highest BCUT2D eigenvalue weighted by Crippen LogP contribution is 2.32. The molecule has 0 aromatic heterocycles. The molecule has 0 radical (unpaired) electrons. The summed E-state index contributed by atoms with van der Waals surface area (Å²) in [6, 6.07) is 13.3. The van der Waals surface area contributed by atoms with Crippen LogP contribution < -0.4 is 19.7 Å². The minimum atomic E-state index is -0.911. The van der Waals surface area contributed by atoms with Gasteiger partial charge in [0.15, 0.2) is 0 Å².